The molecule has 0 aliphatic carbocycles. The van der Waals surface area contributed by atoms with E-state index >= 15 is 0 Å². The number of carbonyl (C=O) groups excluding carboxylic acids is 8. The van der Waals surface area contributed by atoms with E-state index in [0.29, 0.717) is 12.0 Å². The van der Waals surface area contributed by atoms with E-state index in [2.05, 4.69) is 17.6 Å². The number of nitrogens with one attached hydrogen (secondary N) is 2. The molecule has 2 N–H and O–H groups in total. The monoisotopic (exact) mass is 1090 g/mol. The molecule has 5 atom stereocenters. The molecule has 0 aliphatic heterocycles. The molecule has 0 saturated heterocycles. The van der Waals surface area contributed by atoms with Crippen molar-refractivity contribution >= 4 is 59.0 Å². The van der Waals surface area contributed by atoms with E-state index in [1.54, 1.807) is 55.5 Å². The van der Waals surface area contributed by atoms with E-state index in [0.717, 1.165) is 54.1 Å². The predicted molar refractivity (Wildman–Crippen MR) is 302 cm³/mol. The maximum Gasteiger partial charge on any atom is 0.328 e. The van der Waals surface area contributed by atoms with E-state index in [1.807, 2.05) is 72.8 Å². The Morgan fingerprint density at radius 2 is 0.859 bits per heavy atom. The van der Waals surface area contributed by atoms with Gasteiger partial charge < -0.3 is 29.6 Å². The third-order valence-electron chi connectivity index (χ3n) is 13.2. The molecule has 2 amide bonds. The highest BCUT2D eigenvalue weighted by atomic mass is 32.2. The second kappa shape index (κ2) is 38.0. The lowest BCUT2D eigenvalue weighted by Gasteiger charge is -2.22. The number of thioether (sulfide) groups is 1. The molecule has 14 nitrogen and oxygen atoms in total. The Bertz CT molecular complexity index is 2410. The van der Waals surface area contributed by atoms with Crippen LogP contribution in [0.1, 0.15) is 152 Å². The average molecular weight is 1090 g/mol. The molecule has 0 fully saturated rings. The Hall–Kier alpha value is -6.61. The van der Waals surface area contributed by atoms with Gasteiger partial charge in [0.05, 0.1) is 18.3 Å². The summed E-state index contributed by atoms with van der Waals surface area (Å²) in [6.45, 7) is 5.19. The number of rotatable bonds is 40. The van der Waals surface area contributed by atoms with Crippen LogP contribution < -0.4 is 10.6 Å². The number of hydrogen-bond acceptors (Lipinski definition) is 13. The molecule has 0 aliphatic rings. The van der Waals surface area contributed by atoms with Crippen LogP contribution in [0.5, 0.6) is 0 Å². The lowest BCUT2D eigenvalue weighted by Crippen LogP contribution is -2.45. The average Bonchev–Trinajstić information content (AvgIpc) is 3.45. The second-order valence-corrected chi connectivity index (χ2v) is 21.1. The van der Waals surface area contributed by atoms with Crippen LogP contribution in [-0.2, 0) is 83.7 Å². The van der Waals surface area contributed by atoms with Gasteiger partial charge in [-0.25, -0.2) is 9.59 Å². The van der Waals surface area contributed by atoms with Crippen LogP contribution in [0.3, 0.4) is 0 Å². The lowest BCUT2D eigenvalue weighted by atomic mass is 9.97. The van der Waals surface area contributed by atoms with Crippen LogP contribution in [0.2, 0.25) is 0 Å². The number of ether oxygens (including phenoxy) is 4. The van der Waals surface area contributed by atoms with Gasteiger partial charge in [0.1, 0.15) is 50.1 Å². The summed E-state index contributed by atoms with van der Waals surface area (Å²) in [7, 11) is 0. The van der Waals surface area contributed by atoms with Gasteiger partial charge in [0.15, 0.2) is 0 Å². The molecule has 0 saturated carbocycles. The predicted octanol–water partition coefficient (Wildman–Crippen LogP) is 11.3. The van der Waals surface area contributed by atoms with Gasteiger partial charge >= 0.3 is 23.9 Å². The van der Waals surface area contributed by atoms with E-state index in [-0.39, 0.29) is 75.8 Å². The van der Waals surface area contributed by atoms with Gasteiger partial charge in [-0.05, 0) is 42.0 Å². The van der Waals surface area contributed by atoms with E-state index in [4.69, 9.17) is 18.9 Å². The van der Waals surface area contributed by atoms with E-state index in [1.165, 1.54) is 51.9 Å². The van der Waals surface area contributed by atoms with Crippen molar-refractivity contribution in [3.63, 3.8) is 0 Å². The molecule has 0 spiro atoms. The number of hydrogen-bond donors (Lipinski definition) is 2. The topological polar surface area (TPSA) is 198 Å². The summed E-state index contributed by atoms with van der Waals surface area (Å²) in [6.07, 6.45) is 12.1. The molecule has 422 valence electrons. The van der Waals surface area contributed by atoms with Crippen LogP contribution in [0.25, 0.3) is 0 Å². The summed E-state index contributed by atoms with van der Waals surface area (Å²) < 4.78 is 22.3. The number of benzene rings is 4. The Morgan fingerprint density at radius 3 is 1.36 bits per heavy atom. The van der Waals surface area contributed by atoms with Crippen molar-refractivity contribution in [1.29, 1.82) is 0 Å². The molecule has 4 aromatic rings. The molecule has 4 aromatic carbocycles. The van der Waals surface area contributed by atoms with Crippen molar-refractivity contribution in [1.82, 2.24) is 10.6 Å². The minimum absolute atomic E-state index is 0.00145. The molecule has 78 heavy (non-hydrogen) atoms. The van der Waals surface area contributed by atoms with E-state index < -0.39 is 71.3 Å². The summed E-state index contributed by atoms with van der Waals surface area (Å²) in [5.74, 6) is -7.15. The zero-order valence-electron chi connectivity index (χ0n) is 46.0. The van der Waals surface area contributed by atoms with Gasteiger partial charge in [0.25, 0.3) is 0 Å². The summed E-state index contributed by atoms with van der Waals surface area (Å²) in [5.41, 5.74) is 2.98. The molecule has 0 unspecified atom stereocenters. The first-order valence-corrected chi connectivity index (χ1v) is 29.0. The standard InChI is InChI=1S/C63H82N2O12S/c1-4-5-6-7-8-9-10-11-12-13-26-35-55(66)38-47(2)59(69)65-57(63(73)77-44-52-33-24-17-25-34-52)37-36-56(67)39-53(60(70)64-48(3)61(71)75-42-50-29-20-15-21-30-50)45-78-46-54(62(72)76-43-51-31-22-16-23-32-51)40-58(68)74-41-49-27-18-14-19-28-49/h14-25,27-34,47-48,53-54,57H,4-13,26,35-46H2,1-3H3,(H,64,70)(H,65,69)/t47-,48-,53-,54+,57-/m1/s1. The highest BCUT2D eigenvalue weighted by molar-refractivity contribution is 7.99. The minimum atomic E-state index is -1.25. The molecular formula is C63H82N2O12S. The molecule has 0 heterocycles. The highest BCUT2D eigenvalue weighted by Crippen LogP contribution is 2.23. The van der Waals surface area contributed by atoms with E-state index in [9.17, 15) is 38.4 Å². The third kappa shape index (κ3) is 27.1. The smallest absolute Gasteiger partial charge is 0.328 e. The molecule has 0 radical (unpaired) electrons. The zero-order valence-corrected chi connectivity index (χ0v) is 46.8. The van der Waals surface area contributed by atoms with Crippen LogP contribution in [0.15, 0.2) is 121 Å². The maximum atomic E-state index is 14.1. The normalized spacial score (nSPS) is 12.9. The molecule has 0 bridgehead atoms. The van der Waals surface area contributed by atoms with Gasteiger partial charge in [0, 0.05) is 43.1 Å². The third-order valence-corrected chi connectivity index (χ3v) is 14.5. The second-order valence-electron chi connectivity index (χ2n) is 20.1. The molecule has 15 heteroatoms. The number of amides is 2. The summed E-state index contributed by atoms with van der Waals surface area (Å²) >= 11 is 1.16. The van der Waals surface area contributed by atoms with Gasteiger partial charge in [0.2, 0.25) is 11.8 Å². The van der Waals surface area contributed by atoms with Crippen molar-refractivity contribution in [3.8, 4) is 0 Å². The molecule has 0 aromatic heterocycles. The molecule has 4 rings (SSSR count). The van der Waals surface area contributed by atoms with Crippen molar-refractivity contribution in [2.45, 2.75) is 168 Å². The lowest BCUT2D eigenvalue weighted by molar-refractivity contribution is -0.155. The fourth-order valence-corrected chi connectivity index (χ4v) is 9.70. The van der Waals surface area contributed by atoms with Gasteiger partial charge in [-0.1, -0.05) is 199 Å². The Labute approximate surface area is 466 Å². The summed E-state index contributed by atoms with van der Waals surface area (Å²) in [5, 5.41) is 5.43. The fourth-order valence-electron chi connectivity index (χ4n) is 8.48. The maximum absolute atomic E-state index is 14.1. The fraction of sp³-hybridized carbons (Fsp3) is 0.492. The largest absolute Gasteiger partial charge is 0.461 e. The van der Waals surface area contributed by atoms with Gasteiger partial charge in [-0.3, -0.25) is 28.8 Å². The number of ketones is 2. The van der Waals surface area contributed by atoms with Gasteiger partial charge in [-0.2, -0.15) is 11.8 Å². The van der Waals surface area contributed by atoms with Crippen molar-refractivity contribution in [3.05, 3.63) is 144 Å². The Kier molecular flexibility index (Phi) is 31.2. The SMILES string of the molecule is CCCCCCCCCCCCCC(=O)C[C@@H](C)C(=O)N[C@H](CCC(=O)C[C@H](CSC[C@H](CC(=O)OCc1ccccc1)C(=O)OCc1ccccc1)C(=O)N[C@H](C)C(=O)OCc1ccccc1)C(=O)OCc1ccccc1. The minimum Gasteiger partial charge on any atom is -0.461 e. The number of unbranched alkanes of at least 4 members (excludes halogenated alkanes) is 10. The quantitative estimate of drug-likeness (QED) is 0.0243. The number of esters is 4. The summed E-state index contributed by atoms with van der Waals surface area (Å²) in [6, 6.07) is 33.9. The first kappa shape index (κ1) is 63.9. The Balaban J connectivity index is 1.41. The van der Waals surface area contributed by atoms with Gasteiger partial charge in [-0.15, -0.1) is 0 Å². The van der Waals surface area contributed by atoms with Crippen molar-refractivity contribution in [2.75, 3.05) is 11.5 Å². The van der Waals surface area contributed by atoms with Crippen LogP contribution in [0.4, 0.5) is 0 Å². The van der Waals surface area contributed by atoms with Crippen LogP contribution >= 0.6 is 11.8 Å². The van der Waals surface area contributed by atoms with Crippen LogP contribution in [0, 0.1) is 17.8 Å². The number of carbonyl (C=O) groups is 8. The first-order chi connectivity index (χ1) is 37.8. The zero-order chi connectivity index (χ0) is 56.2. The van der Waals surface area contributed by atoms with Crippen molar-refractivity contribution < 1.29 is 57.3 Å². The first-order valence-electron chi connectivity index (χ1n) is 27.8. The Morgan fingerprint density at radius 1 is 0.436 bits per heavy atom. The summed E-state index contributed by atoms with van der Waals surface area (Å²) in [4.78, 5) is 108. The highest BCUT2D eigenvalue weighted by Gasteiger charge is 2.31. The van der Waals surface area contributed by atoms with Crippen LogP contribution in [-0.4, -0.2) is 70.8 Å². The molecular weight excluding hydrogens is 1010 g/mol. The van der Waals surface area contributed by atoms with Crippen molar-refractivity contribution in [2.24, 2.45) is 17.8 Å². The number of Topliss-reactive ketones (excluding diaryl/α,β-unsaturated/α-hetero) is 2.